The number of nitrogens with zero attached hydrogens (tertiary/aromatic N) is 2. The van der Waals surface area contributed by atoms with E-state index in [1.807, 2.05) is 30.6 Å². The minimum atomic E-state index is -0.339. The molecule has 1 saturated heterocycles. The van der Waals surface area contributed by atoms with Gasteiger partial charge in [0, 0.05) is 17.1 Å². The standard InChI is InChI=1S/C22H17F2N3OS/c1-13-11-15(14(2)27(13)19-9-5-17(24)6-10-19)12-20-21(28)26-22(29-20)25-18-7-3-16(23)4-8-18/h3-12H,1-2H3,(H,25,26,28)/b20-12-. The van der Waals surface area contributed by atoms with Crippen LogP contribution < -0.4 is 5.32 Å². The molecule has 1 aromatic heterocycles. The third-order valence-electron chi connectivity index (χ3n) is 4.55. The molecular formula is C22H17F2N3OS. The molecule has 2 heterocycles. The van der Waals surface area contributed by atoms with Crippen LogP contribution in [0.4, 0.5) is 14.5 Å². The quantitative estimate of drug-likeness (QED) is 0.600. The summed E-state index contributed by atoms with van der Waals surface area (Å²) in [6.45, 7) is 3.91. The molecule has 0 bridgehead atoms. The molecule has 29 heavy (non-hydrogen) atoms. The van der Waals surface area contributed by atoms with Crippen molar-refractivity contribution in [2.45, 2.75) is 13.8 Å². The number of aliphatic imine (C=N–C) groups is 1. The zero-order valence-electron chi connectivity index (χ0n) is 15.7. The van der Waals surface area contributed by atoms with Gasteiger partial charge in [0.2, 0.25) is 0 Å². The van der Waals surface area contributed by atoms with Gasteiger partial charge in [0.05, 0.1) is 10.6 Å². The van der Waals surface area contributed by atoms with Gasteiger partial charge in [0.15, 0.2) is 5.17 Å². The van der Waals surface area contributed by atoms with Crippen molar-refractivity contribution < 1.29 is 13.6 Å². The van der Waals surface area contributed by atoms with Crippen LogP contribution in [0.3, 0.4) is 0 Å². The lowest BCUT2D eigenvalue weighted by Gasteiger charge is -2.09. The van der Waals surface area contributed by atoms with Gasteiger partial charge in [-0.05, 0) is 91.8 Å². The predicted molar refractivity (Wildman–Crippen MR) is 112 cm³/mol. The molecule has 1 aliphatic rings. The third-order valence-corrected chi connectivity index (χ3v) is 5.46. The average Bonchev–Trinajstić information content (AvgIpc) is 3.17. The summed E-state index contributed by atoms with van der Waals surface area (Å²) in [5, 5.41) is 3.17. The second-order valence-electron chi connectivity index (χ2n) is 6.60. The van der Waals surface area contributed by atoms with Gasteiger partial charge in [-0.15, -0.1) is 0 Å². The number of aryl methyl sites for hydroxylation is 1. The van der Waals surface area contributed by atoms with Crippen LogP contribution in [0.25, 0.3) is 11.8 Å². The number of carbonyl (C=O) groups excluding carboxylic acids is 1. The Labute approximate surface area is 171 Å². The molecule has 4 rings (SSSR count). The number of hydrogen-bond donors (Lipinski definition) is 1. The molecular weight excluding hydrogens is 392 g/mol. The maximum Gasteiger partial charge on any atom is 0.264 e. The Bertz CT molecular complexity index is 1150. The molecule has 0 spiro atoms. The normalized spacial score (nSPS) is 16.6. The molecule has 146 valence electrons. The van der Waals surface area contributed by atoms with E-state index < -0.39 is 0 Å². The Morgan fingerprint density at radius 1 is 1.00 bits per heavy atom. The van der Waals surface area contributed by atoms with Crippen LogP contribution in [-0.2, 0) is 4.79 Å². The third kappa shape index (κ3) is 4.00. The van der Waals surface area contributed by atoms with Gasteiger partial charge >= 0.3 is 0 Å². The van der Waals surface area contributed by atoms with Crippen LogP contribution in [0.1, 0.15) is 17.0 Å². The maximum absolute atomic E-state index is 13.2. The number of carbonyl (C=O) groups is 1. The minimum absolute atomic E-state index is 0.234. The van der Waals surface area contributed by atoms with Crippen LogP contribution in [-0.4, -0.2) is 15.6 Å². The highest BCUT2D eigenvalue weighted by Gasteiger charge is 2.24. The van der Waals surface area contributed by atoms with Crippen LogP contribution in [0.2, 0.25) is 0 Å². The Hall–Kier alpha value is -3.19. The molecule has 0 aliphatic carbocycles. The van der Waals surface area contributed by atoms with Crippen LogP contribution in [0, 0.1) is 25.5 Å². The van der Waals surface area contributed by atoms with Crippen molar-refractivity contribution in [3.63, 3.8) is 0 Å². The maximum atomic E-state index is 13.2. The van der Waals surface area contributed by atoms with E-state index >= 15 is 0 Å². The van der Waals surface area contributed by atoms with Crippen molar-refractivity contribution in [1.29, 1.82) is 0 Å². The van der Waals surface area contributed by atoms with E-state index in [2.05, 4.69) is 10.3 Å². The SMILES string of the molecule is Cc1cc(/C=C2\SC(=Nc3ccc(F)cc3)NC2=O)c(C)n1-c1ccc(F)cc1. The number of halogens is 2. The summed E-state index contributed by atoms with van der Waals surface area (Å²) in [6.07, 6.45) is 1.82. The van der Waals surface area contributed by atoms with Crippen LogP contribution >= 0.6 is 11.8 Å². The summed E-state index contributed by atoms with van der Waals surface area (Å²) >= 11 is 1.23. The number of amidine groups is 1. The molecule has 1 amide bonds. The number of aromatic nitrogens is 1. The highest BCUT2D eigenvalue weighted by molar-refractivity contribution is 8.18. The summed E-state index contributed by atoms with van der Waals surface area (Å²) in [5.41, 5.74) is 4.23. The average molecular weight is 409 g/mol. The molecule has 0 unspecified atom stereocenters. The number of thioether (sulfide) groups is 1. The highest BCUT2D eigenvalue weighted by Crippen LogP contribution is 2.30. The van der Waals surface area contributed by atoms with Crippen molar-refractivity contribution in [3.8, 4) is 5.69 Å². The number of amides is 1. The molecule has 2 aromatic carbocycles. The van der Waals surface area contributed by atoms with Crippen molar-refractivity contribution in [2.24, 2.45) is 4.99 Å². The van der Waals surface area contributed by atoms with Crippen molar-refractivity contribution in [1.82, 2.24) is 9.88 Å². The van der Waals surface area contributed by atoms with Gasteiger partial charge in [0.25, 0.3) is 5.91 Å². The van der Waals surface area contributed by atoms with E-state index in [1.54, 1.807) is 24.3 Å². The molecule has 1 fully saturated rings. The molecule has 0 radical (unpaired) electrons. The van der Waals surface area contributed by atoms with Crippen molar-refractivity contribution in [2.75, 3.05) is 0 Å². The first-order valence-electron chi connectivity index (χ1n) is 8.91. The zero-order valence-corrected chi connectivity index (χ0v) is 16.6. The fourth-order valence-corrected chi connectivity index (χ4v) is 4.01. The van der Waals surface area contributed by atoms with Gasteiger partial charge in [-0.1, -0.05) is 0 Å². The largest absolute Gasteiger partial charge is 0.318 e. The second-order valence-corrected chi connectivity index (χ2v) is 7.63. The smallest absolute Gasteiger partial charge is 0.264 e. The molecule has 1 aliphatic heterocycles. The second kappa shape index (κ2) is 7.67. The Morgan fingerprint density at radius 3 is 2.28 bits per heavy atom. The summed E-state index contributed by atoms with van der Waals surface area (Å²) in [4.78, 5) is 17.2. The molecule has 7 heteroatoms. The Kier molecular flexibility index (Phi) is 5.07. The van der Waals surface area contributed by atoms with Gasteiger partial charge in [0.1, 0.15) is 11.6 Å². The lowest BCUT2D eigenvalue weighted by atomic mass is 10.2. The lowest BCUT2D eigenvalue weighted by molar-refractivity contribution is -0.115. The molecule has 3 aromatic rings. The van der Waals surface area contributed by atoms with E-state index in [-0.39, 0.29) is 17.5 Å². The Balaban J connectivity index is 1.63. The van der Waals surface area contributed by atoms with Crippen LogP contribution in [0.5, 0.6) is 0 Å². The summed E-state index contributed by atoms with van der Waals surface area (Å²) in [6, 6.07) is 14.0. The van der Waals surface area contributed by atoms with Gasteiger partial charge in [-0.2, -0.15) is 0 Å². The molecule has 0 saturated carbocycles. The van der Waals surface area contributed by atoms with Gasteiger partial charge < -0.3 is 9.88 Å². The van der Waals surface area contributed by atoms with Crippen molar-refractivity contribution in [3.05, 3.63) is 88.1 Å². The van der Waals surface area contributed by atoms with Crippen LogP contribution in [0.15, 0.2) is 64.5 Å². The minimum Gasteiger partial charge on any atom is -0.318 e. The fourth-order valence-electron chi connectivity index (χ4n) is 3.18. The Morgan fingerprint density at radius 2 is 1.62 bits per heavy atom. The summed E-state index contributed by atoms with van der Waals surface area (Å²) in [5.74, 6) is -0.859. The molecule has 1 N–H and O–H groups in total. The number of benzene rings is 2. The lowest BCUT2D eigenvalue weighted by Crippen LogP contribution is -2.19. The summed E-state index contributed by atoms with van der Waals surface area (Å²) in [7, 11) is 0. The van der Waals surface area contributed by atoms with E-state index in [9.17, 15) is 13.6 Å². The van der Waals surface area contributed by atoms with Gasteiger partial charge in [-0.3, -0.25) is 4.79 Å². The van der Waals surface area contributed by atoms with E-state index in [0.717, 1.165) is 22.6 Å². The van der Waals surface area contributed by atoms with Crippen molar-refractivity contribution >= 4 is 34.6 Å². The number of hydrogen-bond acceptors (Lipinski definition) is 3. The number of nitrogens with one attached hydrogen (secondary N) is 1. The monoisotopic (exact) mass is 409 g/mol. The molecule has 0 atom stereocenters. The van der Waals surface area contributed by atoms with E-state index in [1.165, 1.54) is 36.0 Å². The number of rotatable bonds is 3. The predicted octanol–water partition coefficient (Wildman–Crippen LogP) is 5.26. The zero-order chi connectivity index (χ0) is 20.5. The first-order valence-corrected chi connectivity index (χ1v) is 9.72. The molecule has 4 nitrogen and oxygen atoms in total. The first kappa shape index (κ1) is 19.1. The topological polar surface area (TPSA) is 46.4 Å². The van der Waals surface area contributed by atoms with Gasteiger partial charge in [-0.25, -0.2) is 13.8 Å². The van der Waals surface area contributed by atoms with E-state index in [4.69, 9.17) is 0 Å². The van der Waals surface area contributed by atoms with E-state index in [0.29, 0.717) is 15.8 Å². The first-order chi connectivity index (χ1) is 13.9. The summed E-state index contributed by atoms with van der Waals surface area (Å²) < 4.78 is 28.3. The fraction of sp³-hybridized carbons (Fsp3) is 0.0909. The highest BCUT2D eigenvalue weighted by atomic mass is 32.2.